The fraction of sp³-hybridized carbons (Fsp3) is 0.812. The Kier molecular flexibility index (Phi) is 3.42. The van der Waals surface area contributed by atoms with E-state index in [1.54, 1.807) is 0 Å². The van der Waals surface area contributed by atoms with Crippen molar-refractivity contribution in [2.45, 2.75) is 52.0 Å². The van der Waals surface area contributed by atoms with Crippen LogP contribution in [0.2, 0.25) is 0 Å². The van der Waals surface area contributed by atoms with Crippen molar-refractivity contribution in [3.05, 3.63) is 17.0 Å². The highest BCUT2D eigenvalue weighted by molar-refractivity contribution is 5.28. The minimum atomic E-state index is 0.484. The van der Waals surface area contributed by atoms with Gasteiger partial charge in [-0.25, -0.2) is 0 Å². The predicted octanol–water partition coefficient (Wildman–Crippen LogP) is 3.12. The van der Waals surface area contributed by atoms with Crippen LogP contribution >= 0.6 is 0 Å². The molecule has 0 amide bonds. The van der Waals surface area contributed by atoms with Crippen molar-refractivity contribution in [3.8, 4) is 0 Å². The van der Waals surface area contributed by atoms with Gasteiger partial charge in [-0.1, -0.05) is 6.42 Å². The fourth-order valence-corrected chi connectivity index (χ4v) is 4.64. The van der Waals surface area contributed by atoms with Gasteiger partial charge in [0.25, 0.3) is 0 Å². The van der Waals surface area contributed by atoms with E-state index in [4.69, 9.17) is 0 Å². The predicted molar refractivity (Wildman–Crippen MR) is 78.0 cm³/mol. The van der Waals surface area contributed by atoms with Crippen LogP contribution in [0.3, 0.4) is 0 Å². The second-order valence-electron chi connectivity index (χ2n) is 6.72. The number of nitrogens with zero attached hydrogens (tertiary/aromatic N) is 2. The Balaban J connectivity index is 1.77. The Morgan fingerprint density at radius 2 is 2.11 bits per heavy atom. The highest BCUT2D eigenvalue weighted by atomic mass is 15.3. The van der Waals surface area contributed by atoms with Crippen LogP contribution in [-0.2, 0) is 7.05 Å². The summed E-state index contributed by atoms with van der Waals surface area (Å²) in [7, 11) is 4.15. The molecule has 2 fully saturated rings. The average Bonchev–Trinajstić information content (AvgIpc) is 3.04. The van der Waals surface area contributed by atoms with Crippen LogP contribution in [0.25, 0.3) is 0 Å². The topological polar surface area (TPSA) is 29.9 Å². The third-order valence-corrected chi connectivity index (χ3v) is 5.68. The van der Waals surface area contributed by atoms with E-state index in [-0.39, 0.29) is 0 Å². The van der Waals surface area contributed by atoms with Crippen LogP contribution in [-0.4, -0.2) is 16.8 Å². The van der Waals surface area contributed by atoms with Crippen LogP contribution < -0.4 is 5.32 Å². The zero-order valence-corrected chi connectivity index (χ0v) is 12.7. The summed E-state index contributed by atoms with van der Waals surface area (Å²) < 4.78 is 2.02. The highest BCUT2D eigenvalue weighted by Crippen LogP contribution is 2.51. The molecule has 106 valence electrons. The highest BCUT2D eigenvalue weighted by Gasteiger charge is 2.40. The number of rotatable bonds is 4. The minimum absolute atomic E-state index is 0.484. The molecule has 0 aromatic carbocycles. The van der Waals surface area contributed by atoms with E-state index in [1.807, 2.05) is 4.68 Å². The van der Waals surface area contributed by atoms with Crippen molar-refractivity contribution in [1.82, 2.24) is 15.1 Å². The Morgan fingerprint density at radius 1 is 1.32 bits per heavy atom. The van der Waals surface area contributed by atoms with Crippen molar-refractivity contribution in [2.75, 3.05) is 7.05 Å². The molecule has 0 aliphatic heterocycles. The van der Waals surface area contributed by atoms with Gasteiger partial charge in [-0.3, -0.25) is 4.68 Å². The molecular weight excluding hydrogens is 234 g/mol. The molecule has 0 spiro atoms. The van der Waals surface area contributed by atoms with E-state index in [0.29, 0.717) is 6.04 Å². The first-order valence-corrected chi connectivity index (χ1v) is 7.77. The molecule has 0 saturated heterocycles. The number of hydrogen-bond acceptors (Lipinski definition) is 2. The van der Waals surface area contributed by atoms with E-state index in [1.165, 1.54) is 49.1 Å². The molecule has 1 aromatic heterocycles. The van der Waals surface area contributed by atoms with Crippen LogP contribution in [0.1, 0.15) is 55.1 Å². The van der Waals surface area contributed by atoms with Gasteiger partial charge >= 0.3 is 0 Å². The van der Waals surface area contributed by atoms with E-state index >= 15 is 0 Å². The van der Waals surface area contributed by atoms with Crippen LogP contribution in [0, 0.1) is 31.6 Å². The summed E-state index contributed by atoms with van der Waals surface area (Å²) in [6, 6.07) is 0.484. The Morgan fingerprint density at radius 3 is 2.58 bits per heavy atom. The van der Waals surface area contributed by atoms with E-state index in [2.05, 4.69) is 38.4 Å². The first-order chi connectivity index (χ1) is 9.10. The van der Waals surface area contributed by atoms with Crippen molar-refractivity contribution in [2.24, 2.45) is 24.8 Å². The van der Waals surface area contributed by atoms with Gasteiger partial charge in [-0.2, -0.15) is 5.10 Å². The maximum absolute atomic E-state index is 4.58. The maximum Gasteiger partial charge on any atom is 0.0644 e. The smallest absolute Gasteiger partial charge is 0.0644 e. The molecule has 4 unspecified atom stereocenters. The third kappa shape index (κ3) is 2.22. The van der Waals surface area contributed by atoms with Gasteiger partial charge < -0.3 is 5.32 Å². The second kappa shape index (κ2) is 4.93. The summed E-state index contributed by atoms with van der Waals surface area (Å²) in [5.74, 6) is 3.00. The summed E-state index contributed by atoms with van der Waals surface area (Å²) in [6.45, 7) is 4.34. The molecule has 1 aromatic rings. The van der Waals surface area contributed by atoms with Crippen molar-refractivity contribution < 1.29 is 0 Å². The van der Waals surface area contributed by atoms with Crippen molar-refractivity contribution in [3.63, 3.8) is 0 Å². The van der Waals surface area contributed by atoms with Gasteiger partial charge in [0, 0.05) is 24.3 Å². The molecule has 19 heavy (non-hydrogen) atoms. The lowest BCUT2D eigenvalue weighted by Crippen LogP contribution is -2.23. The molecular formula is C16H27N3. The Hall–Kier alpha value is -0.830. The van der Waals surface area contributed by atoms with Crippen LogP contribution in [0.4, 0.5) is 0 Å². The lowest BCUT2D eigenvalue weighted by atomic mass is 9.82. The molecule has 0 radical (unpaired) electrons. The molecule has 2 bridgehead atoms. The minimum Gasteiger partial charge on any atom is -0.313 e. The van der Waals surface area contributed by atoms with Crippen LogP contribution in [0.15, 0.2) is 0 Å². The Bertz CT molecular complexity index is 463. The fourth-order valence-electron chi connectivity index (χ4n) is 4.64. The van der Waals surface area contributed by atoms with Gasteiger partial charge in [0.05, 0.1) is 5.69 Å². The Labute approximate surface area is 116 Å². The summed E-state index contributed by atoms with van der Waals surface area (Å²) in [4.78, 5) is 0. The van der Waals surface area contributed by atoms with Gasteiger partial charge in [0.1, 0.15) is 0 Å². The molecule has 3 rings (SSSR count). The van der Waals surface area contributed by atoms with Crippen molar-refractivity contribution in [1.29, 1.82) is 0 Å². The number of fused-ring (bicyclic) bond motifs is 2. The van der Waals surface area contributed by atoms with Crippen LogP contribution in [0.5, 0.6) is 0 Å². The standard InChI is InChI=1S/C16H27N3/c1-10-16(11(2)19(4)18-10)15(17-3)9-14-8-12-5-6-13(14)7-12/h12-15,17H,5-9H2,1-4H3. The van der Waals surface area contributed by atoms with Gasteiger partial charge in [0.15, 0.2) is 0 Å². The van der Waals surface area contributed by atoms with E-state index < -0.39 is 0 Å². The first kappa shape index (κ1) is 13.2. The molecule has 1 N–H and O–H groups in total. The molecule has 1 heterocycles. The quantitative estimate of drug-likeness (QED) is 0.902. The molecule has 2 saturated carbocycles. The third-order valence-electron chi connectivity index (χ3n) is 5.68. The zero-order chi connectivity index (χ0) is 13.6. The van der Waals surface area contributed by atoms with Crippen molar-refractivity contribution >= 4 is 0 Å². The summed E-state index contributed by atoms with van der Waals surface area (Å²) >= 11 is 0. The molecule has 3 nitrogen and oxygen atoms in total. The van der Waals surface area contributed by atoms with Gasteiger partial charge in [-0.15, -0.1) is 0 Å². The van der Waals surface area contributed by atoms with E-state index in [0.717, 1.165) is 17.8 Å². The first-order valence-electron chi connectivity index (χ1n) is 7.77. The molecule has 2 aliphatic carbocycles. The average molecular weight is 261 g/mol. The molecule has 4 atom stereocenters. The van der Waals surface area contributed by atoms with E-state index in [9.17, 15) is 0 Å². The number of aromatic nitrogens is 2. The lowest BCUT2D eigenvalue weighted by Gasteiger charge is -2.27. The monoisotopic (exact) mass is 261 g/mol. The number of nitrogens with one attached hydrogen (secondary N) is 1. The second-order valence-corrected chi connectivity index (χ2v) is 6.72. The number of aryl methyl sites for hydroxylation is 2. The SMILES string of the molecule is CNC(CC1CC2CCC1C2)c1c(C)nn(C)c1C. The van der Waals surface area contributed by atoms with Gasteiger partial charge in [0.2, 0.25) is 0 Å². The summed E-state index contributed by atoms with van der Waals surface area (Å²) in [5, 5.41) is 8.13. The lowest BCUT2D eigenvalue weighted by molar-refractivity contribution is 0.283. The summed E-state index contributed by atoms with van der Waals surface area (Å²) in [6.07, 6.45) is 7.26. The molecule has 2 aliphatic rings. The largest absolute Gasteiger partial charge is 0.313 e. The molecule has 3 heteroatoms. The zero-order valence-electron chi connectivity index (χ0n) is 12.7. The summed E-state index contributed by atoms with van der Waals surface area (Å²) in [5.41, 5.74) is 3.95. The number of hydrogen-bond donors (Lipinski definition) is 1. The normalized spacial score (nSPS) is 31.1. The van der Waals surface area contributed by atoms with Gasteiger partial charge in [-0.05, 0) is 64.3 Å². The maximum atomic E-state index is 4.58.